The number of nitrogen functional groups attached to an aromatic ring is 2. The van der Waals surface area contributed by atoms with E-state index in [9.17, 15) is 19.2 Å². The van der Waals surface area contributed by atoms with Crippen LogP contribution in [-0.4, -0.2) is 102 Å². The van der Waals surface area contributed by atoms with Crippen molar-refractivity contribution in [2.24, 2.45) is 55.0 Å². The molecule has 12 aromatic carbocycles. The Kier molecular flexibility index (Phi) is 37.4. The number of rotatable bonds is 24. The number of carbonyl (C=O) groups is 4. The van der Waals surface area contributed by atoms with Gasteiger partial charge in [-0.2, -0.15) is 5.26 Å². The smallest absolute Gasteiger partial charge is 0.453 e. The second-order valence-electron chi connectivity index (χ2n) is 30.2. The fourth-order valence-electron chi connectivity index (χ4n) is 13.5. The summed E-state index contributed by atoms with van der Waals surface area (Å²) in [6.07, 6.45) is 2.91. The summed E-state index contributed by atoms with van der Waals surface area (Å²) >= 11 is 3.35. The molecule has 18 N–H and O–H groups in total. The van der Waals surface area contributed by atoms with Crippen molar-refractivity contribution in [2.75, 3.05) is 14.2 Å². The van der Waals surface area contributed by atoms with Crippen LogP contribution in [0, 0.1) is 28.7 Å². The quantitative estimate of drug-likeness (QED) is 0.00508. The molecule has 6 heterocycles. The number of aldehydes is 4. The summed E-state index contributed by atoms with van der Waals surface area (Å²) in [6.45, 7) is 6.95. The minimum Gasteiger partial charge on any atom is -0.453 e. The Labute approximate surface area is 829 Å². The van der Waals surface area contributed by atoms with Crippen molar-refractivity contribution in [3.05, 3.63) is 442 Å². The van der Waals surface area contributed by atoms with Gasteiger partial charge in [-0.25, -0.2) is 4.85 Å². The molecule has 0 spiro atoms. The molecule has 18 aromatic rings. The predicted molar refractivity (Wildman–Crippen MR) is 558 cm³/mol. The Balaban J connectivity index is 0.000000161. The molecule has 0 bridgehead atoms. The van der Waals surface area contributed by atoms with Gasteiger partial charge in [0.25, 0.3) is 0 Å². The molecule has 0 fully saturated rings. The van der Waals surface area contributed by atoms with Gasteiger partial charge in [-0.3, -0.25) is 30.0 Å². The van der Waals surface area contributed by atoms with Crippen LogP contribution in [-0.2, 0) is 9.68 Å². The lowest BCUT2D eigenvalue weighted by molar-refractivity contribution is 0.109. The van der Waals surface area contributed by atoms with E-state index in [-0.39, 0.29) is 36.6 Å². The van der Waals surface area contributed by atoms with Crippen LogP contribution < -0.4 is 39.9 Å². The maximum Gasteiger partial charge on any atom is 0.488 e. The number of hydrogen-bond acceptors (Lipinski definition) is 23. The number of nitrogens with one attached hydrogen (secondary N) is 2. The van der Waals surface area contributed by atoms with Gasteiger partial charge >= 0.3 is 7.12 Å². The van der Waals surface area contributed by atoms with Crippen LogP contribution in [0.5, 0.6) is 0 Å². The van der Waals surface area contributed by atoms with Crippen molar-refractivity contribution >= 4 is 94.4 Å². The van der Waals surface area contributed by atoms with Crippen molar-refractivity contribution < 1.29 is 75.8 Å². The van der Waals surface area contributed by atoms with E-state index in [4.69, 9.17) is 109 Å². The standard InChI is InChI=1S/C20H20N4O3.C18H16N4O3.C18H16N4O.C18H10N2O.C18H12O3.C11H7BrO2.C7H7BO3.CH4/c1-25-23-19(21)16-9-5-14(6-10-16)13-3-7-15(8-4-13)17-11-12-18(27-17)20(22)24-26-2;19-17(21-23)14-7-3-12(4-8-14)11-1-5-13(6-2-11)15-9-10-16(25-15)18(20)22-24;19-17(20)14-7-3-12(4-8-14)11-1-5-13(6-2-11)15-9-10-16(23-15)18(21)22;1-20-16-8-6-14(7-9-16)13-2-4-15(5-3-13)18-11-10-17(12-19)21-18;19-11-13-1-3-14(4-2-13)15-5-7-16(8-6-15)18-10-9-17(12-20)21-18;12-9-3-1-8(2-4-9)11-6-5-10(7-13)14-11;9-5-6-1-3-7(4-2-6)8(10)11;/h3-12H,1-2H3,(H2,21,23)(H2,22,24);1-10,23-24H,(H2,19,21)(H2,20,22);1-10H,(H3,19,20)(H3,21,22);2-11H;1-12H;1-7H;1-5,10-11H;1H4. The average Bonchev–Trinajstić information content (AvgIpc) is 1.84. The Bertz CT molecular complexity index is 7510. The number of carbonyl (C=O) groups excluding carboxylic acids is 4. The lowest BCUT2D eigenvalue weighted by atomic mass is 9.80. The number of oxime groups is 4. The van der Waals surface area contributed by atoms with Gasteiger partial charge in [-0.15, -0.1) is 0 Å². The van der Waals surface area contributed by atoms with E-state index in [1.54, 1.807) is 91.0 Å². The summed E-state index contributed by atoms with van der Waals surface area (Å²) in [5.74, 6) is 6.66. The van der Waals surface area contributed by atoms with Gasteiger partial charge in [0.1, 0.15) is 73.3 Å². The van der Waals surface area contributed by atoms with Crippen molar-refractivity contribution in [1.82, 2.24) is 0 Å². The van der Waals surface area contributed by atoms with Crippen molar-refractivity contribution in [3.63, 3.8) is 0 Å². The number of nitrogens with two attached hydrogens (primary N) is 6. The van der Waals surface area contributed by atoms with E-state index in [1.807, 2.05) is 255 Å². The molecule has 6 aromatic heterocycles. The number of benzene rings is 12. The molecule has 0 saturated carbocycles. The van der Waals surface area contributed by atoms with Crippen LogP contribution in [0.25, 0.3) is 128 Å². The highest BCUT2D eigenvalue weighted by Gasteiger charge is 2.17. The van der Waals surface area contributed by atoms with Crippen LogP contribution in [0.1, 0.15) is 89.0 Å². The summed E-state index contributed by atoms with van der Waals surface area (Å²) in [6, 6.07) is 113. The van der Waals surface area contributed by atoms with Gasteiger partial charge in [0.15, 0.2) is 64.6 Å². The average molecular weight is 1970 g/mol. The molecule has 0 amide bonds. The minimum atomic E-state index is -1.46. The number of nitrogens with zero attached hydrogens (tertiary/aromatic N) is 6. The third kappa shape index (κ3) is 28.8. The maximum absolute atomic E-state index is 10.6. The third-order valence-electron chi connectivity index (χ3n) is 21.0. The van der Waals surface area contributed by atoms with Gasteiger partial charge < -0.3 is 91.0 Å². The molecule has 143 heavy (non-hydrogen) atoms. The lowest BCUT2D eigenvalue weighted by Gasteiger charge is -2.05. The highest BCUT2D eigenvalue weighted by Crippen LogP contribution is 2.34. The second-order valence-corrected chi connectivity index (χ2v) is 31.1. The first-order valence-electron chi connectivity index (χ1n) is 42.7. The number of halogens is 1. The third-order valence-corrected chi connectivity index (χ3v) is 21.5. The van der Waals surface area contributed by atoms with Crippen LogP contribution in [0.2, 0.25) is 0 Å². The van der Waals surface area contributed by atoms with Crippen LogP contribution >= 0.6 is 15.9 Å². The first-order valence-corrected chi connectivity index (χ1v) is 43.5. The summed E-state index contributed by atoms with van der Waals surface area (Å²) in [5, 5.41) is 71.5. The van der Waals surface area contributed by atoms with Crippen molar-refractivity contribution in [1.29, 1.82) is 16.1 Å². The molecule has 0 aliphatic carbocycles. The summed E-state index contributed by atoms with van der Waals surface area (Å²) < 4.78 is 33.9. The summed E-state index contributed by atoms with van der Waals surface area (Å²) in [4.78, 5) is 54.6. The van der Waals surface area contributed by atoms with Gasteiger partial charge in [-0.1, -0.05) is 323 Å². The number of furan rings is 6. The Hall–Kier alpha value is -19.5. The number of hydrogen-bond donors (Lipinski definition) is 12. The van der Waals surface area contributed by atoms with E-state index in [0.717, 1.165) is 105 Å². The Morgan fingerprint density at radius 1 is 0.343 bits per heavy atom. The zero-order valence-corrected chi connectivity index (χ0v) is 77.3. The summed E-state index contributed by atoms with van der Waals surface area (Å²) in [7, 11) is 1.43. The van der Waals surface area contributed by atoms with Gasteiger partial charge in [0.2, 0.25) is 17.4 Å². The zero-order chi connectivity index (χ0) is 101. The van der Waals surface area contributed by atoms with E-state index in [2.05, 4.69) is 46.2 Å². The molecule has 32 heteroatoms. The van der Waals surface area contributed by atoms with Crippen LogP contribution in [0.4, 0.5) is 5.69 Å². The van der Waals surface area contributed by atoms with Gasteiger partial charge in [0.05, 0.1) is 6.57 Å². The molecule has 0 radical (unpaired) electrons. The Morgan fingerprint density at radius 3 is 0.930 bits per heavy atom. The highest BCUT2D eigenvalue weighted by atomic mass is 79.9. The largest absolute Gasteiger partial charge is 0.488 e. The molecule has 0 aliphatic heterocycles. The number of nitriles is 1. The van der Waals surface area contributed by atoms with Crippen molar-refractivity contribution in [2.45, 2.75) is 7.43 Å². The fraction of sp³-hybridized carbons (Fsp3) is 0.0270. The SMILES string of the molecule is C.CO/N=C(\N)c1ccc(-c2ccc(-c3ccc(/C(N)=N/OC)o3)cc2)cc1.N/C(=N\O)c1ccc(-c2ccc(-c3ccc(/C(N)=N\O)cc3)cc2)o1.N=C(N)c1ccc(-c2ccc(-c3ccc(C(=N)N)o3)cc2)cc1.O=Cc1ccc(-c2ccc(-c3ccc(C=O)o3)cc2)cc1.O=Cc1ccc(-c2ccc(Br)cc2)o1.O=Cc1ccc(B(O)O)cc1.[C-]#[N+]c1ccc(-c2ccc(-c3ccc(C#N)o3)cc2)cc1. The van der Waals surface area contributed by atoms with Crippen LogP contribution in [0.15, 0.2) is 416 Å². The molecule has 0 atom stereocenters. The van der Waals surface area contributed by atoms with E-state index in [0.29, 0.717) is 127 Å². The van der Waals surface area contributed by atoms with Crippen LogP contribution in [0.3, 0.4) is 0 Å². The minimum absolute atomic E-state index is 0. The van der Waals surface area contributed by atoms with Gasteiger partial charge in [-0.05, 0) is 146 Å². The van der Waals surface area contributed by atoms with Gasteiger partial charge in [0, 0.05) is 65.7 Å². The monoisotopic (exact) mass is 1970 g/mol. The lowest BCUT2D eigenvalue weighted by Crippen LogP contribution is -2.29. The van der Waals surface area contributed by atoms with E-state index < -0.39 is 7.12 Å². The summed E-state index contributed by atoms with van der Waals surface area (Å²) in [5.41, 5.74) is 53.8. The molecular weight excluding hydrogens is 1880 g/mol. The normalized spacial score (nSPS) is 10.8. The first-order chi connectivity index (χ1) is 68.9. The first kappa shape index (κ1) is 104. The topological polar surface area (TPSA) is 528 Å². The molecule has 712 valence electrons. The second kappa shape index (κ2) is 51.4. The van der Waals surface area contributed by atoms with Crippen molar-refractivity contribution in [3.8, 4) is 130 Å². The molecular formula is C111H92BBrN14O16. The zero-order valence-electron chi connectivity index (χ0n) is 75.7. The Morgan fingerprint density at radius 2 is 0.622 bits per heavy atom. The van der Waals surface area contributed by atoms with E-state index >= 15 is 0 Å². The maximum atomic E-state index is 10.6. The predicted octanol–water partition coefficient (Wildman–Crippen LogP) is 21.7. The molecule has 0 unspecified atom stereocenters. The molecule has 0 aliphatic rings. The highest BCUT2D eigenvalue weighted by molar-refractivity contribution is 9.10. The van der Waals surface area contributed by atoms with E-state index in [1.165, 1.54) is 38.5 Å². The molecule has 0 saturated heterocycles. The fourth-order valence-corrected chi connectivity index (χ4v) is 13.7. The molecule has 18 rings (SSSR count). The molecule has 30 nitrogen and oxygen atoms in total. The number of amidine groups is 6.